The van der Waals surface area contributed by atoms with E-state index in [0.29, 0.717) is 16.4 Å². The van der Waals surface area contributed by atoms with E-state index in [1.165, 1.54) is 16.0 Å². The molecule has 2 N–H and O–H groups in total. The molecule has 0 amide bonds. The van der Waals surface area contributed by atoms with Gasteiger partial charge in [-0.1, -0.05) is 47.2 Å². The third-order valence-electron chi connectivity index (χ3n) is 3.85. The molecule has 0 spiro atoms. The number of hydrogen-bond donors (Lipinski definition) is 2. The van der Waals surface area contributed by atoms with E-state index in [4.69, 9.17) is 5.41 Å². The Bertz CT molecular complexity index is 1090. The second kappa shape index (κ2) is 5.58. The van der Waals surface area contributed by atoms with Crippen molar-refractivity contribution in [3.8, 4) is 16.4 Å². The maximum atomic E-state index is 12.7. The summed E-state index contributed by atoms with van der Waals surface area (Å²) in [6, 6.07) is 15.6. The topological polar surface area (TPSA) is 74.5 Å². The van der Waals surface area contributed by atoms with Gasteiger partial charge in [-0.3, -0.25) is 9.89 Å². The summed E-state index contributed by atoms with van der Waals surface area (Å²) in [6.45, 7) is 2.00. The largest absolute Gasteiger partial charge is 0.308 e. The van der Waals surface area contributed by atoms with Crippen LogP contribution in [0.25, 0.3) is 26.6 Å². The number of H-pyrrole nitrogens is 1. The smallest absolute Gasteiger partial charge is 0.282 e. The minimum absolute atomic E-state index is 0.263. The fraction of sp³-hybridized carbons (Fsp3) is 0.0556. The molecule has 0 aliphatic rings. The SMILES string of the molecule is Cc1cccc(-c2[nH]n(-c3nc4ccccc4s3)c(=O)c2C=N)c1. The second-order valence-electron chi connectivity index (χ2n) is 5.52. The third kappa shape index (κ3) is 2.28. The minimum atomic E-state index is -0.263. The number of benzene rings is 2. The van der Waals surface area contributed by atoms with Gasteiger partial charge in [0.05, 0.1) is 21.5 Å². The van der Waals surface area contributed by atoms with Gasteiger partial charge in [-0.05, 0) is 25.1 Å². The van der Waals surface area contributed by atoms with E-state index in [9.17, 15) is 4.79 Å². The lowest BCUT2D eigenvalue weighted by Gasteiger charge is -2.01. The lowest BCUT2D eigenvalue weighted by molar-refractivity contribution is 0.845. The maximum Gasteiger partial charge on any atom is 0.282 e. The van der Waals surface area contributed by atoms with Gasteiger partial charge in [0, 0.05) is 11.8 Å². The molecule has 0 saturated carbocycles. The van der Waals surface area contributed by atoms with Crippen LogP contribution in [0.3, 0.4) is 0 Å². The Labute approximate surface area is 141 Å². The molecule has 24 heavy (non-hydrogen) atoms. The van der Waals surface area contributed by atoms with Crippen molar-refractivity contribution >= 4 is 27.8 Å². The third-order valence-corrected chi connectivity index (χ3v) is 4.87. The zero-order valence-electron chi connectivity index (χ0n) is 12.9. The number of thiazole rings is 1. The average Bonchev–Trinajstić information content (AvgIpc) is 3.15. The van der Waals surface area contributed by atoms with Crippen LogP contribution in [-0.4, -0.2) is 21.0 Å². The molecule has 0 atom stereocenters. The van der Waals surface area contributed by atoms with Crippen molar-refractivity contribution in [2.45, 2.75) is 6.92 Å². The Hall–Kier alpha value is -2.99. The first-order valence-corrected chi connectivity index (χ1v) is 8.27. The molecule has 0 fully saturated rings. The van der Waals surface area contributed by atoms with Gasteiger partial charge in [-0.25, -0.2) is 4.98 Å². The summed E-state index contributed by atoms with van der Waals surface area (Å²) in [5.41, 5.74) is 3.54. The van der Waals surface area contributed by atoms with E-state index in [2.05, 4.69) is 10.1 Å². The van der Waals surface area contributed by atoms with Gasteiger partial charge in [-0.15, -0.1) is 0 Å². The van der Waals surface area contributed by atoms with Gasteiger partial charge in [0.25, 0.3) is 5.56 Å². The van der Waals surface area contributed by atoms with Crippen molar-refractivity contribution in [2.75, 3.05) is 0 Å². The number of aryl methyl sites for hydroxylation is 1. The quantitative estimate of drug-likeness (QED) is 0.560. The van der Waals surface area contributed by atoms with Crippen LogP contribution in [0.5, 0.6) is 0 Å². The van der Waals surface area contributed by atoms with E-state index in [0.717, 1.165) is 27.6 Å². The van der Waals surface area contributed by atoms with Crippen LogP contribution < -0.4 is 5.56 Å². The van der Waals surface area contributed by atoms with Crippen LogP contribution in [0.2, 0.25) is 0 Å². The van der Waals surface area contributed by atoms with Gasteiger partial charge >= 0.3 is 0 Å². The Kier molecular flexibility index (Phi) is 3.39. The normalized spacial score (nSPS) is 11.0. The highest BCUT2D eigenvalue weighted by Crippen LogP contribution is 2.25. The number of aromatic amines is 1. The first-order chi connectivity index (χ1) is 11.7. The summed E-state index contributed by atoms with van der Waals surface area (Å²) in [4.78, 5) is 17.2. The molecule has 0 radical (unpaired) electrons. The number of aromatic nitrogens is 3. The van der Waals surface area contributed by atoms with Crippen LogP contribution >= 0.6 is 11.3 Å². The lowest BCUT2D eigenvalue weighted by atomic mass is 10.1. The Morgan fingerprint density at radius 3 is 2.79 bits per heavy atom. The van der Waals surface area contributed by atoms with E-state index in [-0.39, 0.29) is 5.56 Å². The standard InChI is InChI=1S/C18H14N4OS/c1-11-5-4-6-12(9-11)16-13(10-19)17(23)22(21-16)18-20-14-7-2-3-8-15(14)24-18/h2-10,19,21H,1H3. The van der Waals surface area contributed by atoms with E-state index < -0.39 is 0 Å². The van der Waals surface area contributed by atoms with Crippen molar-refractivity contribution in [2.24, 2.45) is 0 Å². The lowest BCUT2D eigenvalue weighted by Crippen LogP contribution is -2.16. The number of nitrogens with zero attached hydrogens (tertiary/aromatic N) is 2. The van der Waals surface area contributed by atoms with Crippen molar-refractivity contribution in [3.63, 3.8) is 0 Å². The van der Waals surface area contributed by atoms with Gasteiger partial charge in [-0.2, -0.15) is 4.68 Å². The number of hydrogen-bond acceptors (Lipinski definition) is 4. The van der Waals surface area contributed by atoms with Crippen LogP contribution in [-0.2, 0) is 0 Å². The van der Waals surface area contributed by atoms with Crippen molar-refractivity contribution in [1.82, 2.24) is 14.8 Å². The first kappa shape index (κ1) is 14.6. The summed E-state index contributed by atoms with van der Waals surface area (Å²) in [7, 11) is 0. The summed E-state index contributed by atoms with van der Waals surface area (Å²) in [5.74, 6) is 0. The molecule has 118 valence electrons. The highest BCUT2D eigenvalue weighted by Gasteiger charge is 2.17. The van der Waals surface area contributed by atoms with E-state index in [1.54, 1.807) is 0 Å². The molecule has 0 bridgehead atoms. The van der Waals surface area contributed by atoms with Crippen LogP contribution in [0.1, 0.15) is 11.1 Å². The molecule has 5 nitrogen and oxygen atoms in total. The summed E-state index contributed by atoms with van der Waals surface area (Å²) >= 11 is 1.44. The minimum Gasteiger partial charge on any atom is -0.308 e. The Morgan fingerprint density at radius 1 is 1.21 bits per heavy atom. The molecule has 0 saturated heterocycles. The molecule has 4 rings (SSSR count). The highest BCUT2D eigenvalue weighted by molar-refractivity contribution is 7.20. The average molecular weight is 334 g/mol. The Balaban J connectivity index is 1.94. The maximum absolute atomic E-state index is 12.7. The molecule has 2 aromatic heterocycles. The summed E-state index contributed by atoms with van der Waals surface area (Å²) < 4.78 is 2.44. The summed E-state index contributed by atoms with van der Waals surface area (Å²) in [6.07, 6.45) is 1.10. The summed E-state index contributed by atoms with van der Waals surface area (Å²) in [5, 5.41) is 11.3. The van der Waals surface area contributed by atoms with Gasteiger partial charge in [0.15, 0.2) is 0 Å². The predicted octanol–water partition coefficient (Wildman–Crippen LogP) is 3.75. The number of para-hydroxylation sites is 1. The van der Waals surface area contributed by atoms with Crippen LogP contribution in [0, 0.1) is 12.3 Å². The van der Waals surface area contributed by atoms with Crippen molar-refractivity contribution < 1.29 is 0 Å². The first-order valence-electron chi connectivity index (χ1n) is 7.46. The molecule has 0 aliphatic heterocycles. The number of nitrogens with one attached hydrogen (secondary N) is 2. The van der Waals surface area contributed by atoms with Crippen molar-refractivity contribution in [3.05, 3.63) is 70.0 Å². The number of rotatable bonds is 3. The predicted molar refractivity (Wildman–Crippen MR) is 97.6 cm³/mol. The van der Waals surface area contributed by atoms with Crippen LogP contribution in [0.4, 0.5) is 0 Å². The molecular weight excluding hydrogens is 320 g/mol. The fourth-order valence-electron chi connectivity index (χ4n) is 2.70. The molecule has 0 aliphatic carbocycles. The second-order valence-corrected chi connectivity index (χ2v) is 6.53. The molecular formula is C18H14N4OS. The van der Waals surface area contributed by atoms with Crippen LogP contribution in [0.15, 0.2) is 53.3 Å². The molecule has 6 heteroatoms. The van der Waals surface area contributed by atoms with E-state index >= 15 is 0 Å². The monoisotopic (exact) mass is 334 g/mol. The van der Waals surface area contributed by atoms with Gasteiger partial charge < -0.3 is 5.41 Å². The molecule has 0 unspecified atom stereocenters. The Morgan fingerprint density at radius 2 is 2.04 bits per heavy atom. The molecule has 2 heterocycles. The zero-order chi connectivity index (χ0) is 16.7. The number of fused-ring (bicyclic) bond motifs is 1. The van der Waals surface area contributed by atoms with E-state index in [1.807, 2.05) is 55.5 Å². The molecule has 2 aromatic carbocycles. The molecule has 4 aromatic rings. The highest BCUT2D eigenvalue weighted by atomic mass is 32.1. The van der Waals surface area contributed by atoms with Gasteiger partial charge in [0.1, 0.15) is 0 Å². The zero-order valence-corrected chi connectivity index (χ0v) is 13.7. The van der Waals surface area contributed by atoms with Gasteiger partial charge in [0.2, 0.25) is 5.13 Å². The fourth-order valence-corrected chi connectivity index (χ4v) is 3.62. The van der Waals surface area contributed by atoms with Crippen molar-refractivity contribution in [1.29, 1.82) is 5.41 Å².